The number of carbonyl (C=O) groups is 1. The number of benzene rings is 1. The van der Waals surface area contributed by atoms with Gasteiger partial charge in [0, 0.05) is 18.0 Å². The summed E-state index contributed by atoms with van der Waals surface area (Å²) in [6, 6.07) is 2.86. The molecule has 0 aliphatic rings. The Hall–Kier alpha value is -1.49. The highest BCUT2D eigenvalue weighted by atomic mass is 19.1. The number of halogens is 2. The minimum atomic E-state index is -0.500. The molecule has 94 valence electrons. The first kappa shape index (κ1) is 13.6. The number of nitrogens with one attached hydrogen (secondary N) is 1. The van der Waals surface area contributed by atoms with E-state index in [2.05, 4.69) is 10.1 Å². The lowest BCUT2D eigenvalue weighted by molar-refractivity contribution is -0.140. The van der Waals surface area contributed by atoms with Crippen molar-refractivity contribution in [3.05, 3.63) is 35.4 Å². The van der Waals surface area contributed by atoms with Crippen LogP contribution in [0.15, 0.2) is 18.2 Å². The van der Waals surface area contributed by atoms with E-state index in [1.54, 1.807) is 7.05 Å². The average Bonchev–Trinajstić information content (AvgIpc) is 2.33. The average molecular weight is 243 g/mol. The molecule has 0 amide bonds. The molecule has 1 aromatic rings. The van der Waals surface area contributed by atoms with Crippen LogP contribution in [0, 0.1) is 11.6 Å². The van der Waals surface area contributed by atoms with Crippen molar-refractivity contribution in [2.75, 3.05) is 14.2 Å². The van der Waals surface area contributed by atoms with Crippen LogP contribution in [0.5, 0.6) is 0 Å². The molecule has 0 aliphatic heterocycles. The monoisotopic (exact) mass is 243 g/mol. The molecule has 0 spiro atoms. The lowest BCUT2D eigenvalue weighted by Crippen LogP contribution is -2.19. The van der Waals surface area contributed by atoms with Crippen molar-refractivity contribution >= 4 is 5.97 Å². The molecule has 1 N–H and O–H groups in total. The maximum Gasteiger partial charge on any atom is 0.305 e. The summed E-state index contributed by atoms with van der Waals surface area (Å²) in [5.41, 5.74) is 0.219. The second-order valence-corrected chi connectivity index (χ2v) is 3.62. The van der Waals surface area contributed by atoms with Crippen molar-refractivity contribution in [3.63, 3.8) is 0 Å². The minimum Gasteiger partial charge on any atom is -0.469 e. The summed E-state index contributed by atoms with van der Waals surface area (Å²) >= 11 is 0. The van der Waals surface area contributed by atoms with Gasteiger partial charge in [-0.25, -0.2) is 8.78 Å². The van der Waals surface area contributed by atoms with Crippen LogP contribution in [-0.4, -0.2) is 20.1 Å². The molecule has 1 atom stereocenters. The maximum atomic E-state index is 13.5. The molecule has 5 heteroatoms. The molecule has 0 aromatic heterocycles. The molecule has 1 aromatic carbocycles. The summed E-state index contributed by atoms with van der Waals surface area (Å²) in [5, 5.41) is 2.85. The molecule has 0 fully saturated rings. The summed E-state index contributed by atoms with van der Waals surface area (Å²) < 4.78 is 31.0. The Balaban J connectivity index is 2.78. The molecule has 0 saturated carbocycles. The second-order valence-electron chi connectivity index (χ2n) is 3.62. The molecular formula is C12H15F2NO2. The largest absolute Gasteiger partial charge is 0.469 e. The van der Waals surface area contributed by atoms with Crippen LogP contribution in [0.2, 0.25) is 0 Å². The number of rotatable bonds is 5. The normalized spacial score (nSPS) is 12.2. The molecule has 0 aliphatic carbocycles. The van der Waals surface area contributed by atoms with Crippen LogP contribution in [0.1, 0.15) is 24.4 Å². The van der Waals surface area contributed by atoms with Gasteiger partial charge in [0.1, 0.15) is 11.6 Å². The van der Waals surface area contributed by atoms with Gasteiger partial charge in [0.25, 0.3) is 0 Å². The Morgan fingerprint density at radius 2 is 2.18 bits per heavy atom. The van der Waals surface area contributed by atoms with E-state index < -0.39 is 17.7 Å². The number of methoxy groups -OCH3 is 1. The minimum absolute atomic E-state index is 0.151. The Labute approximate surface area is 98.8 Å². The third kappa shape index (κ3) is 3.78. The van der Waals surface area contributed by atoms with E-state index in [0.29, 0.717) is 6.42 Å². The van der Waals surface area contributed by atoms with E-state index in [1.807, 2.05) is 0 Å². The fourth-order valence-electron chi connectivity index (χ4n) is 1.60. The van der Waals surface area contributed by atoms with Gasteiger partial charge in [-0.2, -0.15) is 0 Å². The van der Waals surface area contributed by atoms with Crippen LogP contribution in [0.3, 0.4) is 0 Å². The first-order valence-corrected chi connectivity index (χ1v) is 5.27. The van der Waals surface area contributed by atoms with Crippen LogP contribution >= 0.6 is 0 Å². The predicted molar refractivity (Wildman–Crippen MR) is 59.4 cm³/mol. The van der Waals surface area contributed by atoms with Crippen LogP contribution in [0.4, 0.5) is 8.78 Å². The number of hydrogen-bond donors (Lipinski definition) is 1. The third-order valence-corrected chi connectivity index (χ3v) is 2.55. The van der Waals surface area contributed by atoms with Crippen LogP contribution in [0.25, 0.3) is 0 Å². The highest BCUT2D eigenvalue weighted by Crippen LogP contribution is 2.22. The van der Waals surface area contributed by atoms with Gasteiger partial charge >= 0.3 is 5.97 Å². The fraction of sp³-hybridized carbons (Fsp3) is 0.417. The van der Waals surface area contributed by atoms with Crippen molar-refractivity contribution in [1.82, 2.24) is 5.32 Å². The zero-order chi connectivity index (χ0) is 12.8. The fourth-order valence-corrected chi connectivity index (χ4v) is 1.60. The maximum absolute atomic E-state index is 13.5. The van der Waals surface area contributed by atoms with Gasteiger partial charge in [0.2, 0.25) is 0 Å². The number of carbonyl (C=O) groups excluding carboxylic acids is 1. The highest BCUT2D eigenvalue weighted by Gasteiger charge is 2.16. The Kier molecular flexibility index (Phi) is 5.03. The van der Waals surface area contributed by atoms with Gasteiger partial charge in [-0.1, -0.05) is 0 Å². The number of ether oxygens (including phenoxy) is 1. The van der Waals surface area contributed by atoms with Gasteiger partial charge < -0.3 is 10.1 Å². The summed E-state index contributed by atoms with van der Waals surface area (Å²) in [6.07, 6.45) is 0.501. The van der Waals surface area contributed by atoms with Crippen molar-refractivity contribution in [3.8, 4) is 0 Å². The topological polar surface area (TPSA) is 38.3 Å². The number of hydrogen-bond acceptors (Lipinski definition) is 3. The molecule has 17 heavy (non-hydrogen) atoms. The van der Waals surface area contributed by atoms with Gasteiger partial charge in [0.15, 0.2) is 0 Å². The SMILES string of the molecule is CNC(CCC(=O)OC)c1cc(F)ccc1F. The Bertz CT molecular complexity index is 396. The summed E-state index contributed by atoms with van der Waals surface area (Å²) in [4.78, 5) is 11.0. The van der Waals surface area contributed by atoms with Gasteiger partial charge in [-0.3, -0.25) is 4.79 Å². The molecule has 0 heterocycles. The zero-order valence-corrected chi connectivity index (χ0v) is 9.80. The van der Waals surface area contributed by atoms with E-state index in [-0.39, 0.29) is 18.0 Å². The van der Waals surface area contributed by atoms with Gasteiger partial charge in [-0.05, 0) is 31.7 Å². The molecule has 1 rings (SSSR count). The third-order valence-electron chi connectivity index (χ3n) is 2.55. The second kappa shape index (κ2) is 6.30. The molecule has 0 bridgehead atoms. The molecule has 3 nitrogen and oxygen atoms in total. The summed E-state index contributed by atoms with van der Waals surface area (Å²) in [7, 11) is 2.92. The van der Waals surface area contributed by atoms with Crippen molar-refractivity contribution in [2.24, 2.45) is 0 Å². The van der Waals surface area contributed by atoms with Crippen molar-refractivity contribution in [2.45, 2.75) is 18.9 Å². The van der Waals surface area contributed by atoms with E-state index in [1.165, 1.54) is 7.11 Å². The van der Waals surface area contributed by atoms with Crippen molar-refractivity contribution in [1.29, 1.82) is 0 Å². The van der Waals surface area contributed by atoms with E-state index in [0.717, 1.165) is 18.2 Å². The lowest BCUT2D eigenvalue weighted by atomic mass is 10.0. The smallest absolute Gasteiger partial charge is 0.305 e. The lowest BCUT2D eigenvalue weighted by Gasteiger charge is -2.16. The Morgan fingerprint density at radius 3 is 2.76 bits per heavy atom. The molecule has 0 radical (unpaired) electrons. The first-order valence-electron chi connectivity index (χ1n) is 5.27. The molecule has 1 unspecified atom stereocenters. The van der Waals surface area contributed by atoms with Crippen LogP contribution in [-0.2, 0) is 9.53 Å². The Morgan fingerprint density at radius 1 is 1.47 bits per heavy atom. The van der Waals surface area contributed by atoms with Gasteiger partial charge in [-0.15, -0.1) is 0 Å². The molecular weight excluding hydrogens is 228 g/mol. The summed E-state index contributed by atoms with van der Waals surface area (Å²) in [6.45, 7) is 0. The van der Waals surface area contributed by atoms with E-state index in [9.17, 15) is 13.6 Å². The van der Waals surface area contributed by atoms with Crippen LogP contribution < -0.4 is 5.32 Å². The highest BCUT2D eigenvalue weighted by molar-refractivity contribution is 5.69. The number of esters is 1. The molecule has 0 saturated heterocycles. The van der Waals surface area contributed by atoms with E-state index >= 15 is 0 Å². The zero-order valence-electron chi connectivity index (χ0n) is 9.80. The van der Waals surface area contributed by atoms with E-state index in [4.69, 9.17) is 0 Å². The quantitative estimate of drug-likeness (QED) is 0.805. The first-order chi connectivity index (χ1) is 8.08. The predicted octanol–water partition coefficient (Wildman–Crippen LogP) is 2.18. The standard InChI is InChI=1S/C12H15F2NO2/c1-15-11(5-6-12(16)17-2)9-7-8(13)3-4-10(9)14/h3-4,7,11,15H,5-6H2,1-2H3. The van der Waals surface area contributed by atoms with Crippen molar-refractivity contribution < 1.29 is 18.3 Å². The van der Waals surface area contributed by atoms with Gasteiger partial charge in [0.05, 0.1) is 7.11 Å². The summed E-state index contributed by atoms with van der Waals surface area (Å²) in [5.74, 6) is -1.36.